The van der Waals surface area contributed by atoms with E-state index in [-0.39, 0.29) is 24.1 Å². The zero-order valence-corrected chi connectivity index (χ0v) is 24.9. The van der Waals surface area contributed by atoms with Crippen LogP contribution in [0.5, 0.6) is 17.2 Å². The number of carbonyl (C=O) groups is 2. The molecule has 0 spiro atoms. The lowest BCUT2D eigenvalue weighted by molar-refractivity contribution is -0.146. The molecule has 3 aromatic rings. The molecule has 1 heterocycles. The average molecular weight is 575 g/mol. The molecule has 8 nitrogen and oxygen atoms in total. The molecular weight excluding hydrogens is 532 g/mol. The summed E-state index contributed by atoms with van der Waals surface area (Å²) in [5, 5.41) is 1.47. The van der Waals surface area contributed by atoms with Gasteiger partial charge in [-0.2, -0.15) is 0 Å². The molecule has 1 saturated heterocycles. The van der Waals surface area contributed by atoms with E-state index in [0.717, 1.165) is 38.5 Å². The highest BCUT2D eigenvalue weighted by Gasteiger charge is 2.30. The number of hydroxylamine groups is 2. The predicted octanol–water partition coefficient (Wildman–Crippen LogP) is 5.73. The Morgan fingerprint density at radius 3 is 1.83 bits per heavy atom. The third kappa shape index (κ3) is 8.49. The molecule has 0 atom stereocenters. The fourth-order valence-electron chi connectivity index (χ4n) is 5.52. The van der Waals surface area contributed by atoms with Crippen molar-refractivity contribution < 1.29 is 28.6 Å². The summed E-state index contributed by atoms with van der Waals surface area (Å²) in [6.45, 7) is 1.13. The molecule has 1 fully saturated rings. The van der Waals surface area contributed by atoms with Crippen molar-refractivity contribution in [3.8, 4) is 17.2 Å². The Hall–Kier alpha value is -4.04. The zero-order chi connectivity index (χ0) is 29.7. The molecule has 0 bridgehead atoms. The van der Waals surface area contributed by atoms with E-state index in [1.54, 1.807) is 12.1 Å². The van der Waals surface area contributed by atoms with Crippen LogP contribution >= 0.6 is 0 Å². The van der Waals surface area contributed by atoms with Crippen molar-refractivity contribution in [1.29, 1.82) is 0 Å². The van der Waals surface area contributed by atoms with Gasteiger partial charge < -0.3 is 23.9 Å². The van der Waals surface area contributed by atoms with Gasteiger partial charge in [-0.05, 0) is 68.2 Å². The van der Waals surface area contributed by atoms with Gasteiger partial charge in [0.2, 0.25) is 11.7 Å². The average Bonchev–Trinajstić information content (AvgIpc) is 3.20. The van der Waals surface area contributed by atoms with Gasteiger partial charge in [-0.25, -0.2) is 4.79 Å². The number of methoxy groups -OCH3 is 3. The number of aryl methyl sites for hydroxylation is 2. The first-order valence-electron chi connectivity index (χ1n) is 14.7. The smallest absolute Gasteiger partial charge is 0.357 e. The molecule has 0 unspecified atom stereocenters. The summed E-state index contributed by atoms with van der Waals surface area (Å²) in [6, 6.07) is 24.2. The Morgan fingerprint density at radius 2 is 1.33 bits per heavy atom. The molecule has 0 saturated carbocycles. The van der Waals surface area contributed by atoms with Crippen LogP contribution in [0.3, 0.4) is 0 Å². The molecular formula is C34H42N2O6. The van der Waals surface area contributed by atoms with Crippen molar-refractivity contribution in [2.24, 2.45) is 0 Å². The largest absolute Gasteiger partial charge is 0.493 e. The quantitative estimate of drug-likeness (QED) is 0.243. The maximum atomic E-state index is 13.6. The number of hydrogen-bond acceptors (Lipinski definition) is 7. The first-order chi connectivity index (χ1) is 20.5. The van der Waals surface area contributed by atoms with E-state index in [9.17, 15) is 9.59 Å². The molecule has 8 heteroatoms. The van der Waals surface area contributed by atoms with E-state index < -0.39 is 5.97 Å². The fraction of sp³-hybridized carbons (Fsp3) is 0.412. The van der Waals surface area contributed by atoms with Gasteiger partial charge in [0, 0.05) is 19.1 Å². The molecule has 224 valence electrons. The summed E-state index contributed by atoms with van der Waals surface area (Å²) in [5.41, 5.74) is 2.87. The van der Waals surface area contributed by atoms with Gasteiger partial charge in [-0.1, -0.05) is 60.7 Å². The molecule has 0 N–H and O–H groups in total. The summed E-state index contributed by atoms with van der Waals surface area (Å²) in [5.74, 6) is 0.502. The Balaban J connectivity index is 1.40. The number of ether oxygens (including phenoxy) is 3. The minimum absolute atomic E-state index is 0.0179. The van der Waals surface area contributed by atoms with Crippen LogP contribution in [0.2, 0.25) is 0 Å². The molecule has 0 aromatic heterocycles. The minimum atomic E-state index is -0.585. The van der Waals surface area contributed by atoms with Crippen molar-refractivity contribution in [2.45, 2.75) is 51.0 Å². The van der Waals surface area contributed by atoms with Crippen LogP contribution in [0.4, 0.5) is 0 Å². The molecule has 0 radical (unpaired) electrons. The number of amides is 1. The van der Waals surface area contributed by atoms with Crippen LogP contribution in [0.25, 0.3) is 0 Å². The molecule has 42 heavy (non-hydrogen) atoms. The van der Waals surface area contributed by atoms with Crippen LogP contribution in [0.15, 0.2) is 72.8 Å². The highest BCUT2D eigenvalue weighted by atomic mass is 16.7. The van der Waals surface area contributed by atoms with E-state index in [0.29, 0.717) is 36.8 Å². The Bertz CT molecular complexity index is 1210. The van der Waals surface area contributed by atoms with E-state index in [2.05, 4.69) is 48.5 Å². The van der Waals surface area contributed by atoms with Gasteiger partial charge in [-0.3, -0.25) is 4.79 Å². The topological polar surface area (TPSA) is 77.5 Å². The minimum Gasteiger partial charge on any atom is -0.493 e. The predicted molar refractivity (Wildman–Crippen MR) is 162 cm³/mol. The van der Waals surface area contributed by atoms with Crippen LogP contribution in [0.1, 0.15) is 53.6 Å². The molecule has 1 aliphatic rings. The fourth-order valence-corrected chi connectivity index (χ4v) is 5.52. The van der Waals surface area contributed by atoms with Gasteiger partial charge in [0.1, 0.15) is 6.54 Å². The number of rotatable bonds is 14. The van der Waals surface area contributed by atoms with Crippen molar-refractivity contribution in [1.82, 2.24) is 9.96 Å². The zero-order valence-electron chi connectivity index (χ0n) is 24.9. The number of carbonyl (C=O) groups excluding carboxylic acids is 2. The molecule has 4 rings (SSSR count). The van der Waals surface area contributed by atoms with Gasteiger partial charge in [-0.15, -0.1) is 5.06 Å². The number of hydrogen-bond donors (Lipinski definition) is 0. The summed E-state index contributed by atoms with van der Waals surface area (Å²) >= 11 is 0. The van der Waals surface area contributed by atoms with Crippen molar-refractivity contribution in [3.05, 3.63) is 89.5 Å². The van der Waals surface area contributed by atoms with E-state index in [4.69, 9.17) is 19.0 Å². The van der Waals surface area contributed by atoms with Crippen LogP contribution in [0, 0.1) is 0 Å². The summed E-state index contributed by atoms with van der Waals surface area (Å²) in [6.07, 6.45) is 6.55. The van der Waals surface area contributed by atoms with Crippen molar-refractivity contribution >= 4 is 11.9 Å². The van der Waals surface area contributed by atoms with Gasteiger partial charge in [0.15, 0.2) is 11.5 Å². The van der Waals surface area contributed by atoms with Crippen LogP contribution in [-0.2, 0) is 22.5 Å². The Kier molecular flexibility index (Phi) is 11.6. The van der Waals surface area contributed by atoms with Crippen molar-refractivity contribution in [2.75, 3.05) is 41.0 Å². The highest BCUT2D eigenvalue weighted by Crippen LogP contribution is 2.38. The van der Waals surface area contributed by atoms with Gasteiger partial charge >= 0.3 is 5.97 Å². The summed E-state index contributed by atoms with van der Waals surface area (Å²) < 4.78 is 16.1. The second-order valence-electron chi connectivity index (χ2n) is 10.5. The first-order valence-corrected chi connectivity index (χ1v) is 14.7. The maximum Gasteiger partial charge on any atom is 0.357 e. The molecule has 0 aliphatic carbocycles. The third-order valence-corrected chi connectivity index (χ3v) is 7.68. The standard InChI is InChI=1S/C34H42N2O6/c1-39-30-23-28(24-31(40-2)33(30)41-3)34(38)42-35-21-12-22-36(32(37)25-35)29(19-10-17-26-13-6-4-7-14-26)20-11-18-27-15-8-5-9-16-27/h4-9,13-16,23-24,29H,10-12,17-22,25H2,1-3H3. The molecule has 3 aromatic carbocycles. The third-order valence-electron chi connectivity index (χ3n) is 7.68. The molecule has 1 aliphatic heterocycles. The summed E-state index contributed by atoms with van der Waals surface area (Å²) in [7, 11) is 4.48. The van der Waals surface area contributed by atoms with Gasteiger partial charge in [0.25, 0.3) is 0 Å². The number of benzene rings is 3. The lowest BCUT2D eigenvalue weighted by Crippen LogP contribution is -2.43. The SMILES string of the molecule is COc1cc(C(=O)ON2CCCN(C(CCCc3ccccc3)CCCc3ccccc3)C(=O)C2)cc(OC)c1OC. The highest BCUT2D eigenvalue weighted by molar-refractivity contribution is 5.91. The monoisotopic (exact) mass is 574 g/mol. The lowest BCUT2D eigenvalue weighted by Gasteiger charge is -2.31. The van der Waals surface area contributed by atoms with Gasteiger partial charge in [0.05, 0.1) is 26.9 Å². The van der Waals surface area contributed by atoms with Crippen LogP contribution in [-0.4, -0.2) is 68.8 Å². The maximum absolute atomic E-state index is 13.6. The number of nitrogens with zero attached hydrogens (tertiary/aromatic N) is 2. The van der Waals surface area contributed by atoms with E-state index >= 15 is 0 Å². The van der Waals surface area contributed by atoms with Crippen LogP contribution < -0.4 is 14.2 Å². The first kappa shape index (κ1) is 30.9. The Morgan fingerprint density at radius 1 is 0.786 bits per heavy atom. The Labute approximate surface area is 249 Å². The van der Waals surface area contributed by atoms with Crippen molar-refractivity contribution in [3.63, 3.8) is 0 Å². The lowest BCUT2D eigenvalue weighted by atomic mass is 9.97. The van der Waals surface area contributed by atoms with E-state index in [1.807, 2.05) is 17.0 Å². The normalized spacial score (nSPS) is 14.0. The second-order valence-corrected chi connectivity index (χ2v) is 10.5. The summed E-state index contributed by atoms with van der Waals surface area (Å²) in [4.78, 5) is 34.4. The molecule has 1 amide bonds. The second kappa shape index (κ2) is 15.8. The van der Waals surface area contributed by atoms with E-state index in [1.165, 1.54) is 37.5 Å².